The first-order valence-electron chi connectivity index (χ1n) is 9.35. The van der Waals surface area contributed by atoms with Crippen molar-refractivity contribution in [3.05, 3.63) is 69.3 Å². The molecule has 1 aliphatic rings. The molecule has 0 bridgehead atoms. The number of ether oxygens (including phenoxy) is 2. The van der Waals surface area contributed by atoms with E-state index in [1.807, 2.05) is 31.2 Å². The molecule has 3 rings (SSSR count). The second kappa shape index (κ2) is 9.58. The summed E-state index contributed by atoms with van der Waals surface area (Å²) in [5.74, 6) is -0.378. The van der Waals surface area contributed by atoms with Crippen molar-refractivity contribution < 1.29 is 23.9 Å². The minimum atomic E-state index is -0.457. The molecule has 0 aromatic heterocycles. The average molecular weight is 473 g/mol. The van der Waals surface area contributed by atoms with E-state index in [1.54, 1.807) is 31.2 Å². The van der Waals surface area contributed by atoms with Crippen LogP contribution >= 0.6 is 15.9 Å². The zero-order chi connectivity index (χ0) is 21.7. The number of carbonyl (C=O) groups is 3. The summed E-state index contributed by atoms with van der Waals surface area (Å²) >= 11 is 3.39. The van der Waals surface area contributed by atoms with E-state index in [1.165, 1.54) is 4.90 Å². The van der Waals surface area contributed by atoms with Gasteiger partial charge in [-0.05, 0) is 59.1 Å². The van der Waals surface area contributed by atoms with E-state index >= 15 is 0 Å². The number of rotatable bonds is 7. The van der Waals surface area contributed by atoms with Crippen LogP contribution in [0, 0.1) is 6.92 Å². The Morgan fingerprint density at radius 2 is 2.00 bits per heavy atom. The van der Waals surface area contributed by atoms with Crippen molar-refractivity contribution in [2.24, 2.45) is 0 Å². The van der Waals surface area contributed by atoms with Crippen molar-refractivity contribution in [1.29, 1.82) is 0 Å². The molecule has 0 aliphatic carbocycles. The Hall–Kier alpha value is -3.13. The lowest BCUT2D eigenvalue weighted by molar-refractivity contribution is -0.145. The average Bonchev–Trinajstić information content (AvgIpc) is 2.95. The Bertz CT molecular complexity index is 1020. The maximum absolute atomic E-state index is 12.7. The van der Waals surface area contributed by atoms with Crippen molar-refractivity contribution in [3.8, 4) is 5.75 Å². The van der Waals surface area contributed by atoms with E-state index in [2.05, 4.69) is 21.2 Å². The molecule has 1 heterocycles. The third-order valence-corrected chi connectivity index (χ3v) is 4.92. The van der Waals surface area contributed by atoms with E-state index in [4.69, 9.17) is 9.47 Å². The summed E-state index contributed by atoms with van der Waals surface area (Å²) in [6, 6.07) is 12.3. The van der Waals surface area contributed by atoms with Gasteiger partial charge in [0.05, 0.1) is 17.6 Å². The second-order valence-corrected chi connectivity index (χ2v) is 7.51. The van der Waals surface area contributed by atoms with Gasteiger partial charge in [0.2, 0.25) is 0 Å². The van der Waals surface area contributed by atoms with Crippen molar-refractivity contribution in [2.75, 3.05) is 13.2 Å². The van der Waals surface area contributed by atoms with Gasteiger partial charge in [-0.2, -0.15) is 0 Å². The van der Waals surface area contributed by atoms with Gasteiger partial charge in [0.1, 0.15) is 11.4 Å². The molecule has 1 fully saturated rings. The highest BCUT2D eigenvalue weighted by Gasteiger charge is 2.33. The fourth-order valence-electron chi connectivity index (χ4n) is 2.94. The van der Waals surface area contributed by atoms with Crippen LogP contribution < -0.4 is 10.1 Å². The molecule has 2 aromatic carbocycles. The van der Waals surface area contributed by atoms with Crippen LogP contribution in [0.5, 0.6) is 5.75 Å². The first-order valence-corrected chi connectivity index (χ1v) is 10.1. The van der Waals surface area contributed by atoms with E-state index in [0.717, 1.165) is 11.1 Å². The molecular weight excluding hydrogens is 452 g/mol. The number of aryl methyl sites for hydroxylation is 1. The number of nitrogens with zero attached hydrogens (tertiary/aromatic N) is 1. The summed E-state index contributed by atoms with van der Waals surface area (Å²) in [6.07, 6.45) is 1.59. The Kier molecular flexibility index (Phi) is 6.89. The number of urea groups is 1. The van der Waals surface area contributed by atoms with Crippen LogP contribution in [0.25, 0.3) is 6.08 Å². The maximum atomic E-state index is 12.7. The summed E-state index contributed by atoms with van der Waals surface area (Å²) in [5.41, 5.74) is 2.82. The number of imide groups is 1. The standard InChI is InChI=1S/C22H21BrN2O5/c1-3-29-20(26)13-30-19-8-7-15(10-17(19)23)11-18-21(27)25(22(28)24-18)12-16-6-4-5-14(2)9-16/h4-11H,3,12-13H2,1-2H3,(H,24,28)/b18-11+. The van der Waals surface area contributed by atoms with Crippen LogP contribution in [0.1, 0.15) is 23.6 Å². The Labute approximate surface area is 182 Å². The fourth-order valence-corrected chi connectivity index (χ4v) is 3.45. The monoisotopic (exact) mass is 472 g/mol. The third-order valence-electron chi connectivity index (χ3n) is 4.30. The largest absolute Gasteiger partial charge is 0.481 e. The molecule has 0 saturated carbocycles. The van der Waals surface area contributed by atoms with Crippen molar-refractivity contribution in [1.82, 2.24) is 10.2 Å². The molecule has 7 nitrogen and oxygen atoms in total. The van der Waals surface area contributed by atoms with Gasteiger partial charge in [0.25, 0.3) is 5.91 Å². The number of nitrogens with one attached hydrogen (secondary N) is 1. The molecule has 30 heavy (non-hydrogen) atoms. The molecule has 3 amide bonds. The first kappa shape index (κ1) is 21.6. The molecule has 0 unspecified atom stereocenters. The normalized spacial score (nSPS) is 14.8. The minimum absolute atomic E-state index is 0.194. The number of esters is 1. The molecule has 0 radical (unpaired) electrons. The molecule has 156 valence electrons. The zero-order valence-corrected chi connectivity index (χ0v) is 18.2. The maximum Gasteiger partial charge on any atom is 0.344 e. The van der Waals surface area contributed by atoms with Gasteiger partial charge in [0, 0.05) is 0 Å². The Morgan fingerprint density at radius 1 is 1.20 bits per heavy atom. The molecular formula is C22H21BrN2O5. The van der Waals surface area contributed by atoms with Gasteiger partial charge in [-0.15, -0.1) is 0 Å². The van der Waals surface area contributed by atoms with Crippen LogP contribution in [-0.4, -0.2) is 36.0 Å². The number of carbonyl (C=O) groups excluding carboxylic acids is 3. The highest BCUT2D eigenvalue weighted by Crippen LogP contribution is 2.27. The minimum Gasteiger partial charge on any atom is -0.481 e. The number of benzene rings is 2. The zero-order valence-electron chi connectivity index (χ0n) is 16.6. The van der Waals surface area contributed by atoms with E-state index in [-0.39, 0.29) is 31.4 Å². The predicted octanol–water partition coefficient (Wildman–Crippen LogP) is 3.79. The smallest absolute Gasteiger partial charge is 0.344 e. The first-order chi connectivity index (χ1) is 14.4. The van der Waals surface area contributed by atoms with Gasteiger partial charge < -0.3 is 14.8 Å². The highest BCUT2D eigenvalue weighted by molar-refractivity contribution is 9.10. The topological polar surface area (TPSA) is 84.9 Å². The summed E-state index contributed by atoms with van der Waals surface area (Å²) in [6.45, 7) is 3.97. The van der Waals surface area contributed by atoms with Crippen molar-refractivity contribution >= 4 is 39.9 Å². The third kappa shape index (κ3) is 5.27. The molecule has 1 aliphatic heterocycles. The molecule has 8 heteroatoms. The molecule has 1 saturated heterocycles. The van der Waals surface area contributed by atoms with Crippen molar-refractivity contribution in [2.45, 2.75) is 20.4 Å². The van der Waals surface area contributed by atoms with Gasteiger partial charge in [-0.25, -0.2) is 9.59 Å². The SMILES string of the molecule is CCOC(=O)COc1ccc(/C=C2/NC(=O)N(Cc3cccc(C)c3)C2=O)cc1Br. The van der Waals surface area contributed by atoms with Gasteiger partial charge in [-0.1, -0.05) is 35.9 Å². The second-order valence-electron chi connectivity index (χ2n) is 6.65. The summed E-state index contributed by atoms with van der Waals surface area (Å²) in [7, 11) is 0. The van der Waals surface area contributed by atoms with Crippen molar-refractivity contribution in [3.63, 3.8) is 0 Å². The molecule has 1 N–H and O–H groups in total. The van der Waals surface area contributed by atoms with E-state index in [0.29, 0.717) is 15.8 Å². The van der Waals surface area contributed by atoms with Gasteiger partial charge in [-0.3, -0.25) is 9.69 Å². The molecule has 2 aromatic rings. The number of hydrogen-bond acceptors (Lipinski definition) is 5. The fraction of sp³-hybridized carbons (Fsp3) is 0.227. The summed E-state index contributed by atoms with van der Waals surface area (Å²) in [4.78, 5) is 37.6. The van der Waals surface area contributed by atoms with Crippen LogP contribution in [0.4, 0.5) is 4.79 Å². The molecule has 0 atom stereocenters. The van der Waals surface area contributed by atoms with Gasteiger partial charge in [0.15, 0.2) is 6.61 Å². The van der Waals surface area contributed by atoms with Crippen LogP contribution in [0.2, 0.25) is 0 Å². The summed E-state index contributed by atoms with van der Waals surface area (Å²) < 4.78 is 10.9. The number of hydrogen-bond donors (Lipinski definition) is 1. The van der Waals surface area contributed by atoms with Crippen LogP contribution in [0.3, 0.4) is 0 Å². The highest BCUT2D eigenvalue weighted by atomic mass is 79.9. The quantitative estimate of drug-likeness (QED) is 0.376. The molecule has 0 spiro atoms. The van der Waals surface area contributed by atoms with E-state index < -0.39 is 12.0 Å². The number of amides is 3. The Morgan fingerprint density at radius 3 is 2.70 bits per heavy atom. The van der Waals surface area contributed by atoms with Crippen LogP contribution in [-0.2, 0) is 20.9 Å². The lowest BCUT2D eigenvalue weighted by Gasteiger charge is -2.12. The Balaban J connectivity index is 1.70. The summed E-state index contributed by atoms with van der Waals surface area (Å²) in [5, 5.41) is 2.62. The lowest BCUT2D eigenvalue weighted by atomic mass is 10.1. The number of halogens is 1. The lowest BCUT2D eigenvalue weighted by Crippen LogP contribution is -2.30. The van der Waals surface area contributed by atoms with Crippen LogP contribution in [0.15, 0.2) is 52.6 Å². The predicted molar refractivity (Wildman–Crippen MR) is 115 cm³/mol. The van der Waals surface area contributed by atoms with E-state index in [9.17, 15) is 14.4 Å². The van der Waals surface area contributed by atoms with Gasteiger partial charge >= 0.3 is 12.0 Å².